The molecule has 0 amide bonds. The van der Waals surface area contributed by atoms with Crippen LogP contribution in [0.4, 0.5) is 0 Å². The molecule has 2 nitrogen and oxygen atoms in total. The number of fused-ring (bicyclic) bond motifs is 2. The number of hydrogen-bond acceptors (Lipinski definition) is 2. The van der Waals surface area contributed by atoms with Gasteiger partial charge in [0.2, 0.25) is 0 Å². The maximum atomic E-state index is 6.26. The number of rotatable bonds is 4. The van der Waals surface area contributed by atoms with Crippen LogP contribution in [0.2, 0.25) is 0 Å². The zero-order valence-corrected chi connectivity index (χ0v) is 16.7. The molecule has 2 heteroatoms. The first-order valence-electron chi connectivity index (χ1n) is 10.6. The molecule has 0 saturated carbocycles. The summed E-state index contributed by atoms with van der Waals surface area (Å²) in [5, 5.41) is 0. The van der Waals surface area contributed by atoms with Crippen LogP contribution >= 0.6 is 0 Å². The minimum Gasteiger partial charge on any atom is -0.376 e. The van der Waals surface area contributed by atoms with Crippen molar-refractivity contribution in [3.63, 3.8) is 0 Å². The third-order valence-electron chi connectivity index (χ3n) is 6.16. The van der Waals surface area contributed by atoms with Gasteiger partial charge < -0.3 is 4.74 Å². The van der Waals surface area contributed by atoms with Gasteiger partial charge in [-0.25, -0.2) is 0 Å². The van der Waals surface area contributed by atoms with E-state index in [0.29, 0.717) is 5.92 Å². The molecule has 0 N–H and O–H groups in total. The van der Waals surface area contributed by atoms with Gasteiger partial charge in [0, 0.05) is 25.6 Å². The molecule has 1 fully saturated rings. The lowest BCUT2D eigenvalue weighted by Crippen LogP contribution is -2.42. The van der Waals surface area contributed by atoms with Crippen molar-refractivity contribution >= 4 is 12.2 Å². The molecule has 0 aromatic heterocycles. The summed E-state index contributed by atoms with van der Waals surface area (Å²) in [6, 6.07) is 28.4. The first-order valence-corrected chi connectivity index (χ1v) is 10.6. The highest BCUT2D eigenvalue weighted by molar-refractivity contribution is 5.76. The van der Waals surface area contributed by atoms with E-state index < -0.39 is 0 Å². The van der Waals surface area contributed by atoms with Gasteiger partial charge in [0.25, 0.3) is 0 Å². The van der Waals surface area contributed by atoms with Crippen molar-refractivity contribution in [3.05, 3.63) is 107 Å². The van der Waals surface area contributed by atoms with Crippen LogP contribution < -0.4 is 0 Å². The van der Waals surface area contributed by atoms with Crippen molar-refractivity contribution in [3.8, 4) is 0 Å². The summed E-state index contributed by atoms with van der Waals surface area (Å²) in [6.07, 6.45) is 5.78. The number of morpholine rings is 1. The summed E-state index contributed by atoms with van der Waals surface area (Å²) in [5.74, 6) is 0.360. The molecule has 3 aromatic carbocycles. The Labute approximate surface area is 173 Å². The summed E-state index contributed by atoms with van der Waals surface area (Å²) >= 11 is 0. The van der Waals surface area contributed by atoms with E-state index in [0.717, 1.165) is 32.7 Å². The number of benzene rings is 3. The molecule has 146 valence electrons. The molecular weight excluding hydrogens is 354 g/mol. The highest BCUT2D eigenvalue weighted by Crippen LogP contribution is 2.38. The van der Waals surface area contributed by atoms with Crippen molar-refractivity contribution in [2.45, 2.75) is 25.0 Å². The minimum absolute atomic E-state index is 0.247. The highest BCUT2D eigenvalue weighted by Gasteiger charge is 2.28. The largest absolute Gasteiger partial charge is 0.376 e. The molecule has 1 heterocycles. The Kier molecular flexibility index (Phi) is 5.29. The van der Waals surface area contributed by atoms with E-state index >= 15 is 0 Å². The first-order chi connectivity index (χ1) is 14.4. The van der Waals surface area contributed by atoms with E-state index in [9.17, 15) is 0 Å². The smallest absolute Gasteiger partial charge is 0.0711 e. The number of nitrogens with zero attached hydrogens (tertiary/aromatic N) is 1. The normalized spacial score (nSPS) is 19.4. The Morgan fingerprint density at radius 3 is 2.07 bits per heavy atom. The van der Waals surface area contributed by atoms with Crippen molar-refractivity contribution < 1.29 is 4.74 Å². The zero-order valence-electron chi connectivity index (χ0n) is 16.7. The molecular formula is C27H27NO. The summed E-state index contributed by atoms with van der Waals surface area (Å²) < 4.78 is 6.26. The van der Waals surface area contributed by atoms with E-state index in [1.54, 1.807) is 0 Å². The molecule has 1 aliphatic carbocycles. The van der Waals surface area contributed by atoms with E-state index in [4.69, 9.17) is 4.74 Å². The fourth-order valence-electron chi connectivity index (χ4n) is 4.73. The summed E-state index contributed by atoms with van der Waals surface area (Å²) in [7, 11) is 0. The molecule has 0 bridgehead atoms. The molecule has 3 aromatic rings. The zero-order chi connectivity index (χ0) is 19.5. The van der Waals surface area contributed by atoms with Crippen LogP contribution in [0.1, 0.15) is 40.2 Å². The lowest BCUT2D eigenvalue weighted by Gasteiger charge is -2.35. The van der Waals surface area contributed by atoms with E-state index in [1.165, 1.54) is 27.8 Å². The second-order valence-electron chi connectivity index (χ2n) is 8.09. The molecule has 5 rings (SSSR count). The average molecular weight is 382 g/mol. The summed E-state index contributed by atoms with van der Waals surface area (Å²) in [5.41, 5.74) is 6.86. The van der Waals surface area contributed by atoms with Gasteiger partial charge >= 0.3 is 0 Å². The fourth-order valence-corrected chi connectivity index (χ4v) is 4.73. The van der Waals surface area contributed by atoms with Gasteiger partial charge in [-0.2, -0.15) is 0 Å². The highest BCUT2D eigenvalue weighted by atomic mass is 16.5. The van der Waals surface area contributed by atoms with Crippen molar-refractivity contribution in [1.29, 1.82) is 0 Å². The fraction of sp³-hybridized carbons (Fsp3) is 0.259. The Balaban J connectivity index is 1.39. The molecule has 1 unspecified atom stereocenters. The van der Waals surface area contributed by atoms with Gasteiger partial charge in [-0.1, -0.05) is 91.0 Å². The van der Waals surface area contributed by atoms with Crippen LogP contribution in [0.5, 0.6) is 0 Å². The van der Waals surface area contributed by atoms with Crippen LogP contribution in [0.15, 0.2) is 78.9 Å². The predicted molar refractivity (Wildman–Crippen MR) is 120 cm³/mol. The van der Waals surface area contributed by atoms with Gasteiger partial charge in [0.05, 0.1) is 12.7 Å². The first kappa shape index (κ1) is 18.4. The van der Waals surface area contributed by atoms with E-state index in [1.807, 2.05) is 0 Å². The number of hydrogen-bond donors (Lipinski definition) is 0. The topological polar surface area (TPSA) is 12.5 Å². The Morgan fingerprint density at radius 1 is 0.759 bits per heavy atom. The van der Waals surface area contributed by atoms with Crippen LogP contribution in [-0.4, -0.2) is 30.7 Å². The van der Waals surface area contributed by atoms with Gasteiger partial charge in [0.15, 0.2) is 0 Å². The molecule has 2 aliphatic rings. The Bertz CT molecular complexity index is 945. The van der Waals surface area contributed by atoms with Gasteiger partial charge in [-0.05, 0) is 34.2 Å². The van der Waals surface area contributed by atoms with Crippen LogP contribution in [0.25, 0.3) is 12.2 Å². The standard InChI is InChI=1S/C27H27NO/c1-2-8-21(9-3-1)19-28-16-17-29-24(20-28)18-27-25-12-6-4-10-22(25)14-15-23-11-5-7-13-26(23)27/h1-15,24,27H,16-20H2. The lowest BCUT2D eigenvalue weighted by atomic mass is 9.83. The second-order valence-corrected chi connectivity index (χ2v) is 8.09. The minimum atomic E-state index is 0.247. The molecule has 0 spiro atoms. The molecule has 1 aliphatic heterocycles. The lowest BCUT2D eigenvalue weighted by molar-refractivity contribution is -0.0364. The molecule has 0 radical (unpaired) electrons. The monoisotopic (exact) mass is 381 g/mol. The van der Waals surface area contributed by atoms with Crippen molar-refractivity contribution in [2.75, 3.05) is 19.7 Å². The Hall–Kier alpha value is -2.68. The third-order valence-corrected chi connectivity index (χ3v) is 6.16. The molecule has 29 heavy (non-hydrogen) atoms. The predicted octanol–water partition coefficient (Wildman–Crippen LogP) is 5.59. The quantitative estimate of drug-likeness (QED) is 0.584. The second kappa shape index (κ2) is 8.36. The van der Waals surface area contributed by atoms with E-state index in [2.05, 4.69) is 95.9 Å². The van der Waals surface area contributed by atoms with Crippen LogP contribution in [-0.2, 0) is 11.3 Å². The van der Waals surface area contributed by atoms with Gasteiger partial charge in [0.1, 0.15) is 0 Å². The molecule has 1 atom stereocenters. The van der Waals surface area contributed by atoms with Crippen LogP contribution in [0.3, 0.4) is 0 Å². The SMILES string of the molecule is C1=Cc2ccccc2C(CC2CN(Cc3ccccc3)CCO2)c2ccccc21. The third kappa shape index (κ3) is 4.05. The maximum Gasteiger partial charge on any atom is 0.0711 e. The van der Waals surface area contributed by atoms with Gasteiger partial charge in [-0.3, -0.25) is 4.90 Å². The number of ether oxygens (including phenoxy) is 1. The van der Waals surface area contributed by atoms with Crippen molar-refractivity contribution in [2.24, 2.45) is 0 Å². The van der Waals surface area contributed by atoms with Crippen LogP contribution in [0, 0.1) is 0 Å². The maximum absolute atomic E-state index is 6.26. The van der Waals surface area contributed by atoms with E-state index in [-0.39, 0.29) is 6.10 Å². The summed E-state index contributed by atoms with van der Waals surface area (Å²) in [4.78, 5) is 2.54. The van der Waals surface area contributed by atoms with Gasteiger partial charge in [-0.15, -0.1) is 0 Å². The molecule has 1 saturated heterocycles. The average Bonchev–Trinajstić information content (AvgIpc) is 2.92. The summed E-state index contributed by atoms with van der Waals surface area (Å²) in [6.45, 7) is 3.81. The van der Waals surface area contributed by atoms with Crippen molar-refractivity contribution in [1.82, 2.24) is 4.90 Å². The Morgan fingerprint density at radius 2 is 1.38 bits per heavy atom.